The third kappa shape index (κ3) is 5.45. The molecule has 0 bridgehead atoms. The van der Waals surface area contributed by atoms with Gasteiger partial charge in [-0.05, 0) is 24.6 Å². The van der Waals surface area contributed by atoms with Gasteiger partial charge in [0, 0.05) is 0 Å². The second-order valence-corrected chi connectivity index (χ2v) is 2.36. The van der Waals surface area contributed by atoms with E-state index in [1.165, 1.54) is 18.2 Å². The highest BCUT2D eigenvalue weighted by atomic mass is 19.4. The van der Waals surface area contributed by atoms with Crippen molar-refractivity contribution in [2.24, 2.45) is 0 Å². The summed E-state index contributed by atoms with van der Waals surface area (Å²) in [6.07, 6.45) is -4.60. The molecule has 0 saturated heterocycles. The normalized spacial score (nSPS) is 10.1. The van der Waals surface area contributed by atoms with Crippen LogP contribution in [0.25, 0.3) is 0 Å². The molecule has 14 heavy (non-hydrogen) atoms. The third-order valence-corrected chi connectivity index (χ3v) is 1.22. The summed E-state index contributed by atoms with van der Waals surface area (Å²) < 4.78 is 38.6. The van der Waals surface area contributed by atoms with E-state index in [0.29, 0.717) is 0 Å². The van der Waals surface area contributed by atoms with E-state index in [0.717, 1.165) is 5.56 Å². The minimum absolute atomic E-state index is 0.178. The highest BCUT2D eigenvalue weighted by Gasteiger charge is 2.30. The summed E-state index contributed by atoms with van der Waals surface area (Å²) in [5.74, 6) is -0.178. The monoisotopic (exact) mass is 206 g/mol. The zero-order valence-corrected chi connectivity index (χ0v) is 8.35. The number of benzene rings is 1. The molecule has 0 aliphatic carbocycles. The van der Waals surface area contributed by atoms with Crippen LogP contribution in [0.4, 0.5) is 13.2 Å². The first-order valence-electron chi connectivity index (χ1n) is 4.30. The first-order valence-corrected chi connectivity index (χ1v) is 4.30. The molecule has 0 aromatic heterocycles. The Hall–Kier alpha value is -1.19. The number of hydrogen-bond acceptors (Lipinski definition) is 1. The lowest BCUT2D eigenvalue weighted by Gasteiger charge is -2.08. The van der Waals surface area contributed by atoms with Crippen LogP contribution >= 0.6 is 0 Å². The van der Waals surface area contributed by atoms with Gasteiger partial charge in [0.05, 0.1) is 0 Å². The second-order valence-electron chi connectivity index (χ2n) is 2.36. The van der Waals surface area contributed by atoms with E-state index in [9.17, 15) is 13.2 Å². The molecular weight excluding hydrogens is 193 g/mol. The second kappa shape index (κ2) is 5.52. The van der Waals surface area contributed by atoms with Crippen LogP contribution in [-0.2, 0) is 0 Å². The zero-order valence-electron chi connectivity index (χ0n) is 8.35. The Morgan fingerprint density at radius 3 is 2.14 bits per heavy atom. The summed E-state index contributed by atoms with van der Waals surface area (Å²) in [6, 6.07) is 5.80. The topological polar surface area (TPSA) is 9.23 Å². The number of ether oxygens (including phenoxy) is 1. The van der Waals surface area contributed by atoms with Gasteiger partial charge in [-0.25, -0.2) is 0 Å². The number of hydrogen-bond donors (Lipinski definition) is 0. The summed E-state index contributed by atoms with van der Waals surface area (Å²) >= 11 is 0. The molecule has 0 aliphatic heterocycles. The molecule has 0 fully saturated rings. The molecule has 1 aromatic rings. The molecule has 4 heteroatoms. The molecule has 0 radical (unpaired) electrons. The van der Waals surface area contributed by atoms with Crippen LogP contribution in [0.15, 0.2) is 24.3 Å². The van der Waals surface area contributed by atoms with E-state index < -0.39 is 6.36 Å². The summed E-state index contributed by atoms with van der Waals surface area (Å²) in [6.45, 7) is 5.70. The van der Waals surface area contributed by atoms with Gasteiger partial charge < -0.3 is 4.74 Å². The Labute approximate surface area is 81.5 Å². The fourth-order valence-corrected chi connectivity index (χ4v) is 0.812. The SMILES string of the molecule is CC.Cc1cccc(OC(F)(F)F)c1. The smallest absolute Gasteiger partial charge is 0.406 e. The Bertz CT molecular complexity index is 268. The molecule has 0 spiro atoms. The van der Waals surface area contributed by atoms with Crippen LogP contribution in [0.2, 0.25) is 0 Å². The van der Waals surface area contributed by atoms with Crippen molar-refractivity contribution < 1.29 is 17.9 Å². The van der Waals surface area contributed by atoms with Crippen molar-refractivity contribution in [3.8, 4) is 5.75 Å². The van der Waals surface area contributed by atoms with Crippen LogP contribution in [0.1, 0.15) is 19.4 Å². The van der Waals surface area contributed by atoms with Crippen LogP contribution < -0.4 is 4.74 Å². The van der Waals surface area contributed by atoms with Gasteiger partial charge in [-0.3, -0.25) is 0 Å². The molecule has 0 N–H and O–H groups in total. The van der Waals surface area contributed by atoms with Crippen LogP contribution in [0.3, 0.4) is 0 Å². The standard InChI is InChI=1S/C8H7F3O.C2H6/c1-6-3-2-4-7(5-6)12-8(9,10)11;1-2/h2-5H,1H3;1-2H3. The number of aryl methyl sites for hydroxylation is 1. The van der Waals surface area contributed by atoms with Crippen molar-refractivity contribution in [2.45, 2.75) is 27.1 Å². The highest BCUT2D eigenvalue weighted by Crippen LogP contribution is 2.22. The molecule has 0 heterocycles. The molecule has 80 valence electrons. The van der Waals surface area contributed by atoms with E-state index >= 15 is 0 Å². The minimum Gasteiger partial charge on any atom is -0.406 e. The molecule has 1 nitrogen and oxygen atoms in total. The van der Waals surface area contributed by atoms with Crippen molar-refractivity contribution in [1.82, 2.24) is 0 Å². The summed E-state index contributed by atoms with van der Waals surface area (Å²) in [5, 5.41) is 0. The molecule has 0 aliphatic rings. The average molecular weight is 206 g/mol. The van der Waals surface area contributed by atoms with Gasteiger partial charge >= 0.3 is 6.36 Å². The van der Waals surface area contributed by atoms with Gasteiger partial charge in [0.2, 0.25) is 0 Å². The molecule has 1 aromatic carbocycles. The maximum absolute atomic E-state index is 11.7. The predicted molar refractivity (Wildman–Crippen MR) is 49.2 cm³/mol. The van der Waals surface area contributed by atoms with Crippen molar-refractivity contribution >= 4 is 0 Å². The van der Waals surface area contributed by atoms with Crippen molar-refractivity contribution in [3.05, 3.63) is 29.8 Å². The lowest BCUT2D eigenvalue weighted by molar-refractivity contribution is -0.274. The molecule has 0 amide bonds. The first-order chi connectivity index (χ1) is 6.47. The van der Waals surface area contributed by atoms with Gasteiger partial charge in [0.25, 0.3) is 0 Å². The fourth-order valence-electron chi connectivity index (χ4n) is 0.812. The van der Waals surface area contributed by atoms with E-state index in [4.69, 9.17) is 0 Å². The van der Waals surface area contributed by atoms with Gasteiger partial charge in [-0.1, -0.05) is 26.0 Å². The van der Waals surface area contributed by atoms with Crippen molar-refractivity contribution in [2.75, 3.05) is 0 Å². The van der Waals surface area contributed by atoms with Gasteiger partial charge in [0.1, 0.15) is 5.75 Å². The lowest BCUT2D eigenvalue weighted by Crippen LogP contribution is -2.17. The van der Waals surface area contributed by atoms with Crippen molar-refractivity contribution in [1.29, 1.82) is 0 Å². The first kappa shape index (κ1) is 12.8. The average Bonchev–Trinajstić information content (AvgIpc) is 2.04. The largest absolute Gasteiger partial charge is 0.573 e. The van der Waals surface area contributed by atoms with Crippen LogP contribution in [-0.4, -0.2) is 6.36 Å². The summed E-state index contributed by atoms with van der Waals surface area (Å²) in [7, 11) is 0. The summed E-state index contributed by atoms with van der Waals surface area (Å²) in [4.78, 5) is 0. The molecule has 0 saturated carbocycles. The van der Waals surface area contributed by atoms with E-state index in [2.05, 4.69) is 4.74 Å². The number of alkyl halides is 3. The van der Waals surface area contributed by atoms with E-state index in [-0.39, 0.29) is 5.75 Å². The number of rotatable bonds is 1. The zero-order chi connectivity index (χ0) is 11.2. The van der Waals surface area contributed by atoms with Crippen LogP contribution in [0, 0.1) is 6.92 Å². The fraction of sp³-hybridized carbons (Fsp3) is 0.400. The van der Waals surface area contributed by atoms with Crippen LogP contribution in [0.5, 0.6) is 5.75 Å². The van der Waals surface area contributed by atoms with Gasteiger partial charge in [0.15, 0.2) is 0 Å². The Balaban J connectivity index is 0.000000791. The maximum Gasteiger partial charge on any atom is 0.573 e. The van der Waals surface area contributed by atoms with Crippen molar-refractivity contribution in [3.63, 3.8) is 0 Å². The van der Waals surface area contributed by atoms with E-state index in [1.54, 1.807) is 13.0 Å². The molecule has 1 rings (SSSR count). The number of halogens is 3. The third-order valence-electron chi connectivity index (χ3n) is 1.22. The lowest BCUT2D eigenvalue weighted by atomic mass is 10.2. The van der Waals surface area contributed by atoms with E-state index in [1.807, 2.05) is 13.8 Å². The van der Waals surface area contributed by atoms with Gasteiger partial charge in [-0.15, -0.1) is 13.2 Å². The quantitative estimate of drug-likeness (QED) is 0.676. The summed E-state index contributed by atoms with van der Waals surface area (Å²) in [5.41, 5.74) is 0.733. The predicted octanol–water partition coefficient (Wildman–Crippen LogP) is 3.92. The van der Waals surface area contributed by atoms with Gasteiger partial charge in [-0.2, -0.15) is 0 Å². The Morgan fingerprint density at radius 2 is 1.71 bits per heavy atom. The Morgan fingerprint density at radius 1 is 1.14 bits per heavy atom. The molecular formula is C10H13F3O. The highest BCUT2D eigenvalue weighted by molar-refractivity contribution is 5.27. The maximum atomic E-state index is 11.7. The molecule has 0 unspecified atom stereocenters. The molecule has 0 atom stereocenters. The Kier molecular flexibility index (Phi) is 5.05. The minimum atomic E-state index is -4.60.